The highest BCUT2D eigenvalue weighted by Crippen LogP contribution is 2.35. The molecule has 0 aromatic carbocycles. The molecule has 0 aromatic heterocycles. The van der Waals surface area contributed by atoms with Gasteiger partial charge in [0.25, 0.3) is 0 Å². The Balaban J connectivity index is 2.50. The van der Waals surface area contributed by atoms with Crippen molar-refractivity contribution in [3.8, 4) is 0 Å². The van der Waals surface area contributed by atoms with Crippen LogP contribution in [0.3, 0.4) is 0 Å². The summed E-state index contributed by atoms with van der Waals surface area (Å²) in [6.07, 6.45) is 8.80. The van der Waals surface area contributed by atoms with Gasteiger partial charge < -0.3 is 5.73 Å². The van der Waals surface area contributed by atoms with Crippen LogP contribution in [0, 0.1) is 5.41 Å². The first kappa shape index (κ1) is 9.79. The van der Waals surface area contributed by atoms with Gasteiger partial charge in [-0.1, -0.05) is 25.5 Å². The first-order valence-electron chi connectivity index (χ1n) is 5.02. The zero-order chi connectivity index (χ0) is 9.03. The molecular weight excluding hydrogens is 146 g/mol. The SMILES string of the molecule is CC1(C)CCCC(=CCN)CC1. The molecule has 1 nitrogen and oxygen atoms in total. The molecule has 0 aliphatic heterocycles. The maximum Gasteiger partial charge on any atom is 0.0109 e. The molecule has 0 spiro atoms. The third-order valence-electron chi connectivity index (χ3n) is 2.88. The molecule has 0 bridgehead atoms. The van der Waals surface area contributed by atoms with Gasteiger partial charge in [-0.05, 0) is 37.5 Å². The minimum atomic E-state index is 0.560. The first-order chi connectivity index (χ1) is 5.64. The van der Waals surface area contributed by atoms with Crippen LogP contribution in [0.15, 0.2) is 11.6 Å². The molecule has 0 aromatic rings. The summed E-state index contributed by atoms with van der Waals surface area (Å²) in [6, 6.07) is 0. The second-order valence-corrected chi connectivity index (χ2v) is 4.62. The molecule has 2 N–H and O–H groups in total. The van der Waals surface area contributed by atoms with Gasteiger partial charge in [-0.15, -0.1) is 0 Å². The zero-order valence-electron chi connectivity index (χ0n) is 8.40. The van der Waals surface area contributed by atoms with E-state index in [9.17, 15) is 0 Å². The van der Waals surface area contributed by atoms with Gasteiger partial charge in [-0.3, -0.25) is 0 Å². The molecule has 12 heavy (non-hydrogen) atoms. The Morgan fingerprint density at radius 1 is 1.33 bits per heavy atom. The molecule has 0 unspecified atom stereocenters. The minimum Gasteiger partial charge on any atom is -0.327 e. The summed E-state index contributed by atoms with van der Waals surface area (Å²) >= 11 is 0. The summed E-state index contributed by atoms with van der Waals surface area (Å²) < 4.78 is 0. The molecule has 1 fully saturated rings. The van der Waals surface area contributed by atoms with Crippen LogP contribution in [0.5, 0.6) is 0 Å². The van der Waals surface area contributed by atoms with Crippen molar-refractivity contribution in [1.82, 2.24) is 0 Å². The summed E-state index contributed by atoms with van der Waals surface area (Å²) in [7, 11) is 0. The Bertz CT molecular complexity index is 168. The fraction of sp³-hybridized carbons (Fsp3) is 0.818. The molecule has 1 saturated carbocycles. The second-order valence-electron chi connectivity index (χ2n) is 4.62. The van der Waals surface area contributed by atoms with Gasteiger partial charge in [0, 0.05) is 6.54 Å². The Morgan fingerprint density at radius 2 is 2.08 bits per heavy atom. The number of nitrogens with two attached hydrogens (primary N) is 1. The lowest BCUT2D eigenvalue weighted by Crippen LogP contribution is -2.08. The van der Waals surface area contributed by atoms with E-state index in [1.54, 1.807) is 5.57 Å². The van der Waals surface area contributed by atoms with E-state index >= 15 is 0 Å². The molecule has 70 valence electrons. The zero-order valence-corrected chi connectivity index (χ0v) is 8.40. The van der Waals surface area contributed by atoms with Crippen LogP contribution < -0.4 is 5.73 Å². The van der Waals surface area contributed by atoms with Gasteiger partial charge >= 0.3 is 0 Å². The standard InChI is InChI=1S/C11H21N/c1-11(2)7-3-4-10(5-8-11)6-9-12/h6H,3-5,7-9,12H2,1-2H3. The van der Waals surface area contributed by atoms with Gasteiger partial charge in [0.2, 0.25) is 0 Å². The lowest BCUT2D eigenvalue weighted by atomic mass is 9.85. The Morgan fingerprint density at radius 3 is 2.75 bits per heavy atom. The van der Waals surface area contributed by atoms with Crippen molar-refractivity contribution in [2.45, 2.75) is 46.0 Å². The monoisotopic (exact) mass is 167 g/mol. The highest BCUT2D eigenvalue weighted by molar-refractivity contribution is 5.05. The molecule has 1 aliphatic carbocycles. The van der Waals surface area contributed by atoms with Crippen LogP contribution in [-0.4, -0.2) is 6.54 Å². The van der Waals surface area contributed by atoms with Crippen LogP contribution in [0.2, 0.25) is 0 Å². The second kappa shape index (κ2) is 4.08. The van der Waals surface area contributed by atoms with Gasteiger partial charge in [-0.25, -0.2) is 0 Å². The summed E-state index contributed by atoms with van der Waals surface area (Å²) in [5.41, 5.74) is 7.65. The van der Waals surface area contributed by atoms with E-state index in [2.05, 4.69) is 19.9 Å². The number of hydrogen-bond donors (Lipinski definition) is 1. The molecule has 0 amide bonds. The highest BCUT2D eigenvalue weighted by Gasteiger charge is 2.20. The summed E-state index contributed by atoms with van der Waals surface area (Å²) in [5, 5.41) is 0. The molecule has 1 heteroatoms. The van der Waals surface area contributed by atoms with E-state index in [0.717, 1.165) is 6.54 Å². The van der Waals surface area contributed by atoms with Crippen molar-refractivity contribution in [2.75, 3.05) is 6.54 Å². The fourth-order valence-corrected chi connectivity index (χ4v) is 1.91. The lowest BCUT2D eigenvalue weighted by Gasteiger charge is -2.21. The summed E-state index contributed by atoms with van der Waals surface area (Å²) in [6.45, 7) is 5.46. The summed E-state index contributed by atoms with van der Waals surface area (Å²) in [5.74, 6) is 0. The van der Waals surface area contributed by atoms with Gasteiger partial charge in [0.05, 0.1) is 0 Å². The number of rotatable bonds is 1. The van der Waals surface area contributed by atoms with Crippen molar-refractivity contribution in [2.24, 2.45) is 11.1 Å². The molecule has 1 rings (SSSR count). The van der Waals surface area contributed by atoms with Crippen molar-refractivity contribution < 1.29 is 0 Å². The third kappa shape index (κ3) is 2.98. The van der Waals surface area contributed by atoms with E-state index in [4.69, 9.17) is 5.73 Å². The normalized spacial score (nSPS) is 27.1. The smallest absolute Gasteiger partial charge is 0.0109 e. The minimum absolute atomic E-state index is 0.560. The quantitative estimate of drug-likeness (QED) is 0.471. The van der Waals surface area contributed by atoms with E-state index in [-0.39, 0.29) is 0 Å². The summed E-state index contributed by atoms with van der Waals surface area (Å²) in [4.78, 5) is 0. The third-order valence-corrected chi connectivity index (χ3v) is 2.88. The predicted octanol–water partition coefficient (Wildman–Crippen LogP) is 2.86. The van der Waals surface area contributed by atoms with E-state index in [0.29, 0.717) is 5.41 Å². The molecule has 0 saturated heterocycles. The Kier molecular flexibility index (Phi) is 3.33. The fourth-order valence-electron chi connectivity index (χ4n) is 1.91. The molecular formula is C11H21N. The van der Waals surface area contributed by atoms with Crippen molar-refractivity contribution in [3.63, 3.8) is 0 Å². The largest absolute Gasteiger partial charge is 0.327 e. The van der Waals surface area contributed by atoms with Crippen LogP contribution >= 0.6 is 0 Å². The van der Waals surface area contributed by atoms with E-state index in [1.165, 1.54) is 32.1 Å². The van der Waals surface area contributed by atoms with Gasteiger partial charge in [0.15, 0.2) is 0 Å². The van der Waals surface area contributed by atoms with Crippen molar-refractivity contribution in [1.29, 1.82) is 0 Å². The Labute approximate surface area is 76.0 Å². The van der Waals surface area contributed by atoms with Crippen LogP contribution in [0.4, 0.5) is 0 Å². The van der Waals surface area contributed by atoms with Crippen molar-refractivity contribution >= 4 is 0 Å². The average molecular weight is 167 g/mol. The van der Waals surface area contributed by atoms with Crippen LogP contribution in [0.1, 0.15) is 46.0 Å². The maximum atomic E-state index is 5.50. The predicted molar refractivity (Wildman–Crippen MR) is 54.0 cm³/mol. The van der Waals surface area contributed by atoms with Gasteiger partial charge in [-0.2, -0.15) is 0 Å². The topological polar surface area (TPSA) is 26.0 Å². The molecule has 1 aliphatic rings. The first-order valence-corrected chi connectivity index (χ1v) is 5.02. The van der Waals surface area contributed by atoms with E-state index in [1.807, 2.05) is 0 Å². The maximum absolute atomic E-state index is 5.50. The molecule has 0 radical (unpaired) electrons. The average Bonchev–Trinajstić information content (AvgIpc) is 2.14. The van der Waals surface area contributed by atoms with Gasteiger partial charge in [0.1, 0.15) is 0 Å². The number of allylic oxidation sites excluding steroid dienone is 1. The lowest BCUT2D eigenvalue weighted by molar-refractivity contribution is 0.316. The van der Waals surface area contributed by atoms with Crippen LogP contribution in [0.25, 0.3) is 0 Å². The molecule has 0 heterocycles. The molecule has 0 atom stereocenters. The van der Waals surface area contributed by atoms with Crippen molar-refractivity contribution in [3.05, 3.63) is 11.6 Å². The Hall–Kier alpha value is -0.300. The van der Waals surface area contributed by atoms with Crippen LogP contribution in [-0.2, 0) is 0 Å². The number of hydrogen-bond acceptors (Lipinski definition) is 1. The van der Waals surface area contributed by atoms with E-state index < -0.39 is 0 Å². The highest BCUT2D eigenvalue weighted by atomic mass is 14.5.